The second-order valence-corrected chi connectivity index (χ2v) is 14.2. The molecular formula is C18H26N2O4SSi. The van der Waals surface area contributed by atoms with E-state index in [9.17, 15) is 9.59 Å². The molecule has 0 aliphatic carbocycles. The standard InChI is InChI=1S/C18H26N2O4SSi/c1-23-10-6-9-20-16(21)14-8-7-13(17(22)24-2)11-15(14)19-18(20)25-12-26(3,4)5/h7-8,11H,6,9-10,12H2,1-5H3. The van der Waals surface area contributed by atoms with Gasteiger partial charge in [-0.2, -0.15) is 0 Å². The number of nitrogens with zero attached hydrogens (tertiary/aromatic N) is 2. The van der Waals surface area contributed by atoms with Crippen LogP contribution in [0.2, 0.25) is 19.6 Å². The van der Waals surface area contributed by atoms with E-state index in [0.717, 1.165) is 11.8 Å². The summed E-state index contributed by atoms with van der Waals surface area (Å²) in [5, 5.41) is 2.17. The molecule has 0 saturated carbocycles. The van der Waals surface area contributed by atoms with Crippen molar-refractivity contribution in [3.63, 3.8) is 0 Å². The lowest BCUT2D eigenvalue weighted by atomic mass is 10.1. The quantitative estimate of drug-likeness (QED) is 0.225. The van der Waals surface area contributed by atoms with E-state index >= 15 is 0 Å². The summed E-state index contributed by atoms with van der Waals surface area (Å²) in [6.07, 6.45) is 0.740. The van der Waals surface area contributed by atoms with Crippen molar-refractivity contribution in [2.45, 2.75) is 37.8 Å². The lowest BCUT2D eigenvalue weighted by Gasteiger charge is -2.18. The topological polar surface area (TPSA) is 70.4 Å². The van der Waals surface area contributed by atoms with Crippen LogP contribution in [0.15, 0.2) is 28.2 Å². The van der Waals surface area contributed by atoms with Crippen molar-refractivity contribution in [3.8, 4) is 0 Å². The lowest BCUT2D eigenvalue weighted by molar-refractivity contribution is 0.0601. The predicted octanol–water partition coefficient (Wildman–Crippen LogP) is 3.19. The Morgan fingerprint density at radius 2 is 2.00 bits per heavy atom. The molecule has 0 unspecified atom stereocenters. The maximum absolute atomic E-state index is 13.0. The highest BCUT2D eigenvalue weighted by Gasteiger charge is 2.18. The van der Waals surface area contributed by atoms with Crippen LogP contribution in [0, 0.1) is 0 Å². The first-order valence-corrected chi connectivity index (χ1v) is 13.2. The van der Waals surface area contributed by atoms with Gasteiger partial charge in [-0.05, 0) is 30.0 Å². The molecule has 0 amide bonds. The molecule has 1 heterocycles. The third-order valence-corrected chi connectivity index (χ3v) is 8.32. The van der Waals surface area contributed by atoms with Gasteiger partial charge in [0.25, 0.3) is 5.56 Å². The predicted molar refractivity (Wildman–Crippen MR) is 108 cm³/mol. The number of methoxy groups -OCH3 is 2. The molecule has 1 aromatic heterocycles. The number of benzene rings is 1. The Balaban J connectivity index is 2.52. The highest BCUT2D eigenvalue weighted by Crippen LogP contribution is 2.22. The zero-order chi connectivity index (χ0) is 19.3. The molecular weight excluding hydrogens is 368 g/mol. The number of hydrogen-bond acceptors (Lipinski definition) is 6. The van der Waals surface area contributed by atoms with Crippen molar-refractivity contribution in [1.29, 1.82) is 0 Å². The number of carbonyl (C=O) groups is 1. The van der Waals surface area contributed by atoms with Gasteiger partial charge >= 0.3 is 5.97 Å². The molecule has 26 heavy (non-hydrogen) atoms. The number of thioether (sulfide) groups is 1. The second kappa shape index (κ2) is 8.83. The van der Waals surface area contributed by atoms with Crippen molar-refractivity contribution in [1.82, 2.24) is 9.55 Å². The Morgan fingerprint density at radius 1 is 1.27 bits per heavy atom. The van der Waals surface area contributed by atoms with Crippen molar-refractivity contribution in [3.05, 3.63) is 34.1 Å². The molecule has 0 radical (unpaired) electrons. The van der Waals surface area contributed by atoms with E-state index in [2.05, 4.69) is 19.6 Å². The van der Waals surface area contributed by atoms with Gasteiger partial charge in [0.2, 0.25) is 0 Å². The molecule has 0 N–H and O–H groups in total. The van der Waals surface area contributed by atoms with Gasteiger partial charge in [-0.25, -0.2) is 9.78 Å². The first kappa shape index (κ1) is 20.7. The van der Waals surface area contributed by atoms with Crippen molar-refractivity contribution in [2.75, 3.05) is 26.2 Å². The average molecular weight is 395 g/mol. The molecule has 0 spiro atoms. The number of aromatic nitrogens is 2. The third kappa shape index (κ3) is 5.18. The van der Waals surface area contributed by atoms with Gasteiger partial charge in [0.1, 0.15) is 0 Å². The molecule has 0 bridgehead atoms. The monoisotopic (exact) mass is 394 g/mol. The largest absolute Gasteiger partial charge is 0.465 e. The van der Waals surface area contributed by atoms with Gasteiger partial charge in [-0.3, -0.25) is 9.36 Å². The van der Waals surface area contributed by atoms with Crippen LogP contribution in [0.5, 0.6) is 0 Å². The molecule has 2 aromatic rings. The van der Waals surface area contributed by atoms with Crippen LogP contribution >= 0.6 is 11.8 Å². The van der Waals surface area contributed by atoms with Crippen molar-refractivity contribution >= 4 is 36.7 Å². The molecule has 6 nitrogen and oxygen atoms in total. The Hall–Kier alpha value is -1.64. The number of ether oxygens (including phenoxy) is 2. The van der Waals surface area contributed by atoms with E-state index in [-0.39, 0.29) is 5.56 Å². The summed E-state index contributed by atoms with van der Waals surface area (Å²) in [6.45, 7) is 7.99. The summed E-state index contributed by atoms with van der Waals surface area (Å²) in [5.41, 5.74) is 0.838. The summed E-state index contributed by atoms with van der Waals surface area (Å²) in [7, 11) is 1.67. The maximum atomic E-state index is 13.0. The molecule has 0 aliphatic heterocycles. The zero-order valence-electron chi connectivity index (χ0n) is 16.0. The van der Waals surface area contributed by atoms with Gasteiger partial charge in [-0.1, -0.05) is 31.4 Å². The van der Waals surface area contributed by atoms with E-state index in [4.69, 9.17) is 14.5 Å². The van der Waals surface area contributed by atoms with Gasteiger partial charge in [-0.15, -0.1) is 0 Å². The summed E-state index contributed by atoms with van der Waals surface area (Å²) < 4.78 is 11.6. The van der Waals surface area contributed by atoms with E-state index in [1.807, 2.05) is 0 Å². The van der Waals surface area contributed by atoms with Crippen LogP contribution in [-0.4, -0.2) is 49.8 Å². The van der Waals surface area contributed by atoms with Crippen LogP contribution in [0.1, 0.15) is 16.8 Å². The maximum Gasteiger partial charge on any atom is 0.337 e. The van der Waals surface area contributed by atoms with Crippen LogP contribution in [-0.2, 0) is 16.0 Å². The van der Waals surface area contributed by atoms with Gasteiger partial charge in [0.05, 0.1) is 31.7 Å². The Kier molecular flexibility index (Phi) is 7.02. The minimum absolute atomic E-state index is 0.0828. The molecule has 0 saturated heterocycles. The molecule has 1 aromatic carbocycles. The normalized spacial score (nSPS) is 11.7. The van der Waals surface area contributed by atoms with Crippen LogP contribution in [0.25, 0.3) is 10.9 Å². The molecule has 0 aliphatic rings. The number of carbonyl (C=O) groups excluding carboxylic acids is 1. The highest BCUT2D eigenvalue weighted by atomic mass is 32.2. The van der Waals surface area contributed by atoms with Crippen molar-refractivity contribution in [2.24, 2.45) is 0 Å². The van der Waals surface area contributed by atoms with Gasteiger partial charge in [0.15, 0.2) is 5.16 Å². The fourth-order valence-corrected chi connectivity index (χ4v) is 5.14. The second-order valence-electron chi connectivity index (χ2n) is 7.27. The van der Waals surface area contributed by atoms with E-state index in [1.165, 1.54) is 7.11 Å². The summed E-state index contributed by atoms with van der Waals surface area (Å²) in [5.74, 6) is -0.436. The first-order valence-electron chi connectivity index (χ1n) is 8.51. The number of hydrogen-bond donors (Lipinski definition) is 0. The van der Waals surface area contributed by atoms with Gasteiger partial charge in [0, 0.05) is 20.3 Å². The SMILES string of the molecule is COCCCn1c(SC[Si](C)(C)C)nc2cc(C(=O)OC)ccc2c1=O. The van der Waals surface area contributed by atoms with Crippen molar-refractivity contribution < 1.29 is 14.3 Å². The van der Waals surface area contributed by atoms with Crippen LogP contribution in [0.3, 0.4) is 0 Å². The molecule has 0 atom stereocenters. The van der Waals surface area contributed by atoms with E-state index < -0.39 is 14.0 Å². The van der Waals surface area contributed by atoms with E-state index in [0.29, 0.717) is 34.8 Å². The molecule has 2 rings (SSSR count). The van der Waals surface area contributed by atoms with Crippen LogP contribution < -0.4 is 5.56 Å². The highest BCUT2D eigenvalue weighted by molar-refractivity contribution is 8.00. The van der Waals surface area contributed by atoms with Gasteiger partial charge < -0.3 is 9.47 Å². The molecule has 142 valence electrons. The molecule has 0 fully saturated rings. The Labute approximate surface area is 158 Å². The fraction of sp³-hybridized carbons (Fsp3) is 0.500. The minimum Gasteiger partial charge on any atom is -0.465 e. The number of fused-ring (bicyclic) bond motifs is 1. The zero-order valence-corrected chi connectivity index (χ0v) is 17.8. The number of rotatable bonds is 8. The third-order valence-electron chi connectivity index (χ3n) is 3.71. The molecule has 8 heteroatoms. The fourth-order valence-electron chi connectivity index (χ4n) is 2.40. The minimum atomic E-state index is -1.31. The van der Waals surface area contributed by atoms with Crippen LogP contribution in [0.4, 0.5) is 0 Å². The summed E-state index contributed by atoms with van der Waals surface area (Å²) in [6, 6.07) is 4.88. The van der Waals surface area contributed by atoms with E-state index in [1.54, 1.807) is 41.6 Å². The summed E-state index contributed by atoms with van der Waals surface area (Å²) >= 11 is 1.62. The first-order chi connectivity index (χ1) is 12.3. The average Bonchev–Trinajstić information content (AvgIpc) is 2.60. The number of esters is 1. The summed E-state index contributed by atoms with van der Waals surface area (Å²) in [4.78, 5) is 29.5. The Bertz CT molecular complexity index is 845. The smallest absolute Gasteiger partial charge is 0.337 e. The Morgan fingerprint density at radius 3 is 2.62 bits per heavy atom. The lowest BCUT2D eigenvalue weighted by Crippen LogP contribution is -2.27.